The Hall–Kier alpha value is -6.27. The molecule has 0 aliphatic rings. The van der Waals surface area contributed by atoms with E-state index < -0.39 is 21.9 Å². The van der Waals surface area contributed by atoms with Gasteiger partial charge in [-0.15, -0.1) is 0 Å². The SMILES string of the molecule is COc1ccccc1Oc1c(NS(=O)(=O)c2ccc(C)cn2)nc(-c2ccncc2)nc1OCC#CCOC(=O)Nc1ccc(F)cc1. The third-order valence-electron chi connectivity index (χ3n) is 6.22. The van der Waals surface area contributed by atoms with Gasteiger partial charge in [-0.2, -0.15) is 13.4 Å². The van der Waals surface area contributed by atoms with E-state index in [0.717, 1.165) is 5.56 Å². The third-order valence-corrected chi connectivity index (χ3v) is 7.47. The summed E-state index contributed by atoms with van der Waals surface area (Å²) in [4.78, 5) is 29.1. The molecule has 0 fully saturated rings. The van der Waals surface area contributed by atoms with Gasteiger partial charge >= 0.3 is 6.09 Å². The van der Waals surface area contributed by atoms with Gasteiger partial charge in [-0.25, -0.2) is 19.2 Å². The Morgan fingerprint density at radius 2 is 1.65 bits per heavy atom. The number of anilines is 2. The third kappa shape index (κ3) is 8.71. The van der Waals surface area contributed by atoms with Crippen molar-refractivity contribution in [3.8, 4) is 46.4 Å². The smallest absolute Gasteiger partial charge is 0.412 e. The van der Waals surface area contributed by atoms with Gasteiger partial charge in [-0.3, -0.25) is 15.0 Å². The molecular weight excluding hydrogens is 643 g/mol. The topological polar surface area (TPSA) is 164 Å². The van der Waals surface area contributed by atoms with Gasteiger partial charge in [0.25, 0.3) is 15.9 Å². The average Bonchev–Trinajstić information content (AvgIpc) is 3.09. The minimum absolute atomic E-state index is 0.0862. The standard InChI is InChI=1S/C33H27FN6O7S/c1-22-9-14-28(36-21-22)48(42,43)40-31-29(47-27-8-4-3-7-26(27)44-2)32(39-30(38-31)23-15-17-35-18-16-23)45-19-5-6-20-46-33(41)37-25-12-10-24(34)11-13-25/h3-4,7-18,21H,19-20H2,1-2H3,(H,37,41)(H,38,39,40). The highest BCUT2D eigenvalue weighted by molar-refractivity contribution is 7.92. The summed E-state index contributed by atoms with van der Waals surface area (Å²) >= 11 is 0. The molecule has 0 radical (unpaired) electrons. The molecule has 48 heavy (non-hydrogen) atoms. The number of benzene rings is 2. The molecule has 0 bridgehead atoms. The van der Waals surface area contributed by atoms with Crippen molar-refractivity contribution in [3.05, 3.63) is 103 Å². The van der Waals surface area contributed by atoms with Crippen molar-refractivity contribution in [2.45, 2.75) is 11.9 Å². The summed E-state index contributed by atoms with van der Waals surface area (Å²) in [6.45, 7) is 1.22. The Morgan fingerprint density at radius 1 is 0.917 bits per heavy atom. The number of hydrogen-bond acceptors (Lipinski definition) is 11. The van der Waals surface area contributed by atoms with Crippen molar-refractivity contribution in [3.63, 3.8) is 0 Å². The predicted octanol–water partition coefficient (Wildman–Crippen LogP) is 5.61. The molecule has 0 spiro atoms. The summed E-state index contributed by atoms with van der Waals surface area (Å²) in [7, 11) is -2.82. The second-order valence-electron chi connectivity index (χ2n) is 9.65. The second-order valence-corrected chi connectivity index (χ2v) is 11.3. The molecular formula is C33H27FN6O7S. The fourth-order valence-corrected chi connectivity index (χ4v) is 4.86. The van der Waals surface area contributed by atoms with Crippen LogP contribution in [0.15, 0.2) is 96.4 Å². The van der Waals surface area contributed by atoms with E-state index >= 15 is 0 Å². The minimum Gasteiger partial charge on any atom is -0.493 e. The number of pyridine rings is 2. The fraction of sp³-hybridized carbons (Fsp3) is 0.121. The zero-order valence-corrected chi connectivity index (χ0v) is 26.3. The number of hydrogen-bond donors (Lipinski definition) is 2. The lowest BCUT2D eigenvalue weighted by Gasteiger charge is -2.17. The summed E-state index contributed by atoms with van der Waals surface area (Å²) < 4.78 is 65.0. The molecule has 0 aliphatic carbocycles. The van der Waals surface area contributed by atoms with Crippen LogP contribution in [0.5, 0.6) is 23.1 Å². The van der Waals surface area contributed by atoms with E-state index in [4.69, 9.17) is 18.9 Å². The quantitative estimate of drug-likeness (QED) is 0.168. The number of para-hydroxylation sites is 2. The highest BCUT2D eigenvalue weighted by atomic mass is 32.2. The van der Waals surface area contributed by atoms with Gasteiger partial charge in [0, 0.05) is 29.8 Å². The van der Waals surface area contributed by atoms with Crippen LogP contribution in [0.1, 0.15) is 5.56 Å². The molecule has 244 valence electrons. The van der Waals surface area contributed by atoms with Crippen molar-refractivity contribution in [2.24, 2.45) is 0 Å². The lowest BCUT2D eigenvalue weighted by atomic mass is 10.2. The monoisotopic (exact) mass is 670 g/mol. The van der Waals surface area contributed by atoms with E-state index in [2.05, 4.69) is 41.8 Å². The lowest BCUT2D eigenvalue weighted by molar-refractivity contribution is 0.176. The number of sulfonamides is 1. The molecule has 0 aliphatic heterocycles. The van der Waals surface area contributed by atoms with Crippen molar-refractivity contribution < 1.29 is 36.6 Å². The molecule has 2 N–H and O–H groups in total. The number of rotatable bonds is 11. The Labute approximate surface area is 275 Å². The van der Waals surface area contributed by atoms with Crippen LogP contribution in [-0.4, -0.2) is 54.8 Å². The van der Waals surface area contributed by atoms with Gasteiger partial charge in [0.15, 0.2) is 41.4 Å². The summed E-state index contributed by atoms with van der Waals surface area (Å²) in [5.41, 5.74) is 1.62. The number of nitrogens with zero attached hydrogens (tertiary/aromatic N) is 4. The van der Waals surface area contributed by atoms with E-state index in [1.807, 2.05) is 0 Å². The summed E-state index contributed by atoms with van der Waals surface area (Å²) in [6, 6.07) is 18.1. The first-order valence-electron chi connectivity index (χ1n) is 14.1. The summed E-state index contributed by atoms with van der Waals surface area (Å²) in [5, 5.41) is 2.20. The zero-order valence-electron chi connectivity index (χ0n) is 25.5. The van der Waals surface area contributed by atoms with Crippen LogP contribution >= 0.6 is 0 Å². The first-order valence-corrected chi connectivity index (χ1v) is 15.6. The largest absolute Gasteiger partial charge is 0.493 e. The number of aromatic nitrogens is 4. The van der Waals surface area contributed by atoms with Crippen LogP contribution in [0.4, 0.5) is 20.7 Å². The van der Waals surface area contributed by atoms with Gasteiger partial charge in [0.2, 0.25) is 5.75 Å². The molecule has 15 heteroatoms. The van der Waals surface area contributed by atoms with Crippen molar-refractivity contribution in [2.75, 3.05) is 30.4 Å². The van der Waals surface area contributed by atoms with Crippen LogP contribution in [0.2, 0.25) is 0 Å². The van der Waals surface area contributed by atoms with Gasteiger partial charge in [-0.1, -0.05) is 30.0 Å². The fourth-order valence-electron chi connectivity index (χ4n) is 3.92. The second kappa shape index (κ2) is 15.3. The van der Waals surface area contributed by atoms with E-state index in [0.29, 0.717) is 17.0 Å². The predicted molar refractivity (Wildman–Crippen MR) is 173 cm³/mol. The van der Waals surface area contributed by atoms with Crippen LogP contribution < -0.4 is 24.2 Å². The molecule has 1 amide bonds. The zero-order chi connectivity index (χ0) is 33.9. The van der Waals surface area contributed by atoms with E-state index in [1.165, 1.54) is 56.0 Å². The van der Waals surface area contributed by atoms with Gasteiger partial charge in [0.1, 0.15) is 5.82 Å². The minimum atomic E-state index is -4.27. The Balaban J connectivity index is 1.44. The van der Waals surface area contributed by atoms with Crippen LogP contribution in [0.25, 0.3) is 11.4 Å². The van der Waals surface area contributed by atoms with Crippen molar-refractivity contribution in [1.82, 2.24) is 19.9 Å². The molecule has 0 atom stereocenters. The van der Waals surface area contributed by atoms with Gasteiger partial charge in [0.05, 0.1) is 7.11 Å². The van der Waals surface area contributed by atoms with E-state index in [1.54, 1.807) is 49.4 Å². The molecule has 5 rings (SSSR count). The first-order chi connectivity index (χ1) is 23.2. The normalized spacial score (nSPS) is 10.6. The molecule has 0 saturated carbocycles. The average molecular weight is 671 g/mol. The number of aryl methyl sites for hydroxylation is 1. The number of amides is 1. The Morgan fingerprint density at radius 3 is 2.35 bits per heavy atom. The van der Waals surface area contributed by atoms with E-state index in [-0.39, 0.29) is 47.3 Å². The molecule has 0 saturated heterocycles. The first kappa shape index (κ1) is 33.1. The number of nitrogens with one attached hydrogen (secondary N) is 2. The van der Waals surface area contributed by atoms with Crippen LogP contribution in [0.3, 0.4) is 0 Å². The van der Waals surface area contributed by atoms with Crippen LogP contribution in [0, 0.1) is 24.6 Å². The number of ether oxygens (including phenoxy) is 4. The van der Waals surface area contributed by atoms with Crippen molar-refractivity contribution in [1.29, 1.82) is 0 Å². The number of carbonyl (C=O) groups is 1. The molecule has 3 aromatic heterocycles. The summed E-state index contributed by atoms with van der Waals surface area (Å²) in [5.74, 6) is 4.93. The Kier molecular flexibility index (Phi) is 10.6. The van der Waals surface area contributed by atoms with Crippen LogP contribution in [-0.2, 0) is 14.8 Å². The number of halogens is 1. The summed E-state index contributed by atoms with van der Waals surface area (Å²) in [6.07, 6.45) is 3.68. The number of methoxy groups -OCH3 is 1. The molecule has 0 unspecified atom stereocenters. The molecule has 3 heterocycles. The van der Waals surface area contributed by atoms with Gasteiger partial charge in [-0.05, 0) is 67.1 Å². The van der Waals surface area contributed by atoms with E-state index in [9.17, 15) is 17.6 Å². The Bertz CT molecular complexity index is 2060. The molecule has 13 nitrogen and oxygen atoms in total. The maximum Gasteiger partial charge on any atom is 0.412 e. The highest BCUT2D eigenvalue weighted by Gasteiger charge is 2.26. The maximum absolute atomic E-state index is 13.5. The highest BCUT2D eigenvalue weighted by Crippen LogP contribution is 2.41. The maximum atomic E-state index is 13.5. The number of carbonyl (C=O) groups excluding carboxylic acids is 1. The van der Waals surface area contributed by atoms with Crippen molar-refractivity contribution >= 4 is 27.6 Å². The van der Waals surface area contributed by atoms with Gasteiger partial charge < -0.3 is 18.9 Å². The molecule has 2 aromatic carbocycles. The lowest BCUT2D eigenvalue weighted by Crippen LogP contribution is -2.17. The molecule has 5 aromatic rings.